The van der Waals surface area contributed by atoms with Gasteiger partial charge in [-0.2, -0.15) is 5.26 Å². The van der Waals surface area contributed by atoms with Crippen LogP contribution >= 0.6 is 0 Å². The summed E-state index contributed by atoms with van der Waals surface area (Å²) in [5.41, 5.74) is 2.50. The topological polar surface area (TPSA) is 66.0 Å². The van der Waals surface area contributed by atoms with Crippen LogP contribution in [0.3, 0.4) is 0 Å². The molecule has 0 saturated heterocycles. The number of nitrogens with zero attached hydrogens (tertiary/aromatic N) is 1. The van der Waals surface area contributed by atoms with Gasteiger partial charge in [-0.3, -0.25) is 4.79 Å². The van der Waals surface area contributed by atoms with Crippen LogP contribution < -0.4 is 5.32 Å². The van der Waals surface area contributed by atoms with E-state index in [4.69, 9.17) is 9.68 Å². The fraction of sp³-hybridized carbons (Fsp3) is 0.200. The molecule has 0 radical (unpaired) electrons. The SMILES string of the molecule is Cc1oc(C)c(C(=O)Nc2cccc(C#N)c2)c1C. The predicted molar refractivity (Wildman–Crippen MR) is 72.0 cm³/mol. The Balaban J connectivity index is 2.28. The Hall–Kier alpha value is -2.54. The molecule has 1 aromatic carbocycles. The number of furan rings is 1. The van der Waals surface area contributed by atoms with E-state index in [2.05, 4.69) is 5.32 Å². The first-order valence-corrected chi connectivity index (χ1v) is 5.91. The average Bonchev–Trinajstić information content (AvgIpc) is 2.63. The highest BCUT2D eigenvalue weighted by molar-refractivity contribution is 6.06. The van der Waals surface area contributed by atoms with Crippen LogP contribution in [0.4, 0.5) is 5.69 Å². The lowest BCUT2D eigenvalue weighted by Crippen LogP contribution is -2.13. The molecule has 0 atom stereocenters. The molecule has 0 aliphatic carbocycles. The van der Waals surface area contributed by atoms with Gasteiger partial charge in [0.05, 0.1) is 17.2 Å². The van der Waals surface area contributed by atoms with Crippen LogP contribution in [-0.4, -0.2) is 5.91 Å². The lowest BCUT2D eigenvalue weighted by atomic mass is 10.1. The molecule has 0 aliphatic heterocycles. The molecule has 2 rings (SSSR count). The largest absolute Gasteiger partial charge is 0.466 e. The van der Waals surface area contributed by atoms with Gasteiger partial charge in [-0.05, 0) is 39.0 Å². The smallest absolute Gasteiger partial charge is 0.259 e. The van der Waals surface area contributed by atoms with E-state index < -0.39 is 0 Å². The van der Waals surface area contributed by atoms with Crippen LogP contribution in [0.2, 0.25) is 0 Å². The quantitative estimate of drug-likeness (QED) is 0.893. The summed E-state index contributed by atoms with van der Waals surface area (Å²) >= 11 is 0. The Kier molecular flexibility index (Phi) is 3.39. The van der Waals surface area contributed by atoms with E-state index in [1.54, 1.807) is 31.2 Å². The van der Waals surface area contributed by atoms with E-state index >= 15 is 0 Å². The Labute approximate surface area is 111 Å². The van der Waals surface area contributed by atoms with E-state index in [0.29, 0.717) is 22.6 Å². The molecule has 1 aromatic heterocycles. The Bertz CT molecular complexity index is 678. The first-order chi connectivity index (χ1) is 9.02. The van der Waals surface area contributed by atoms with Gasteiger partial charge in [0, 0.05) is 11.3 Å². The molecular weight excluding hydrogens is 240 g/mol. The second-order valence-electron chi connectivity index (χ2n) is 4.36. The maximum Gasteiger partial charge on any atom is 0.259 e. The van der Waals surface area contributed by atoms with Crippen molar-refractivity contribution in [2.75, 3.05) is 5.32 Å². The number of carbonyl (C=O) groups is 1. The molecule has 0 saturated carbocycles. The van der Waals surface area contributed by atoms with E-state index in [9.17, 15) is 4.79 Å². The number of anilines is 1. The molecule has 0 spiro atoms. The van der Waals surface area contributed by atoms with Gasteiger partial charge in [-0.25, -0.2) is 0 Å². The maximum atomic E-state index is 12.2. The van der Waals surface area contributed by atoms with Crippen molar-refractivity contribution in [1.82, 2.24) is 0 Å². The summed E-state index contributed by atoms with van der Waals surface area (Å²) < 4.78 is 5.44. The summed E-state index contributed by atoms with van der Waals surface area (Å²) in [5.74, 6) is 1.12. The van der Waals surface area contributed by atoms with Crippen molar-refractivity contribution in [1.29, 1.82) is 5.26 Å². The first kappa shape index (κ1) is 12.9. The second-order valence-corrected chi connectivity index (χ2v) is 4.36. The van der Waals surface area contributed by atoms with E-state index in [-0.39, 0.29) is 5.91 Å². The number of carbonyl (C=O) groups excluding carboxylic acids is 1. The summed E-state index contributed by atoms with van der Waals surface area (Å²) in [6.07, 6.45) is 0. The molecule has 1 heterocycles. The number of nitrogens with one attached hydrogen (secondary N) is 1. The van der Waals surface area contributed by atoms with Crippen LogP contribution in [0.1, 0.15) is 33.0 Å². The molecular formula is C15H14N2O2. The van der Waals surface area contributed by atoms with Crippen molar-refractivity contribution >= 4 is 11.6 Å². The van der Waals surface area contributed by atoms with Crippen LogP contribution in [-0.2, 0) is 0 Å². The normalized spacial score (nSPS) is 10.0. The molecule has 0 bridgehead atoms. The third-order valence-corrected chi connectivity index (χ3v) is 3.04. The number of hydrogen-bond donors (Lipinski definition) is 1. The minimum absolute atomic E-state index is 0.220. The maximum absolute atomic E-state index is 12.2. The van der Waals surface area contributed by atoms with E-state index in [1.807, 2.05) is 19.9 Å². The van der Waals surface area contributed by atoms with Crippen LogP contribution in [0.15, 0.2) is 28.7 Å². The summed E-state index contributed by atoms with van der Waals surface area (Å²) in [5, 5.41) is 11.6. The fourth-order valence-corrected chi connectivity index (χ4v) is 1.99. The molecule has 4 nitrogen and oxygen atoms in total. The summed E-state index contributed by atoms with van der Waals surface area (Å²) in [6, 6.07) is 8.84. The molecule has 0 fully saturated rings. The van der Waals surface area contributed by atoms with Crippen LogP contribution in [0.5, 0.6) is 0 Å². The molecule has 2 aromatic rings. The zero-order valence-corrected chi connectivity index (χ0v) is 11.1. The highest BCUT2D eigenvalue weighted by Crippen LogP contribution is 2.22. The van der Waals surface area contributed by atoms with Gasteiger partial charge in [-0.1, -0.05) is 6.07 Å². The highest BCUT2D eigenvalue weighted by Gasteiger charge is 2.18. The number of hydrogen-bond acceptors (Lipinski definition) is 3. The molecule has 0 unspecified atom stereocenters. The van der Waals surface area contributed by atoms with Gasteiger partial charge >= 0.3 is 0 Å². The summed E-state index contributed by atoms with van der Waals surface area (Å²) in [6.45, 7) is 5.45. The first-order valence-electron chi connectivity index (χ1n) is 5.91. The van der Waals surface area contributed by atoms with Gasteiger partial charge in [0.25, 0.3) is 5.91 Å². The number of rotatable bonds is 2. The minimum Gasteiger partial charge on any atom is -0.466 e. The predicted octanol–water partition coefficient (Wildman–Crippen LogP) is 3.33. The monoisotopic (exact) mass is 254 g/mol. The van der Waals surface area contributed by atoms with Crippen molar-refractivity contribution in [3.05, 3.63) is 52.5 Å². The third-order valence-electron chi connectivity index (χ3n) is 3.04. The minimum atomic E-state index is -0.220. The molecule has 0 aliphatic rings. The average molecular weight is 254 g/mol. The summed E-state index contributed by atoms with van der Waals surface area (Å²) in [7, 11) is 0. The Morgan fingerprint density at radius 2 is 2.00 bits per heavy atom. The van der Waals surface area contributed by atoms with Gasteiger partial charge in [0.15, 0.2) is 0 Å². The van der Waals surface area contributed by atoms with Crippen molar-refractivity contribution in [3.63, 3.8) is 0 Å². The number of nitriles is 1. The van der Waals surface area contributed by atoms with Gasteiger partial charge in [0.2, 0.25) is 0 Å². The molecule has 19 heavy (non-hydrogen) atoms. The molecule has 4 heteroatoms. The van der Waals surface area contributed by atoms with E-state index in [0.717, 1.165) is 11.3 Å². The third kappa shape index (κ3) is 2.50. The Morgan fingerprint density at radius 1 is 1.26 bits per heavy atom. The second kappa shape index (κ2) is 4.99. The van der Waals surface area contributed by atoms with Crippen LogP contribution in [0, 0.1) is 32.1 Å². The van der Waals surface area contributed by atoms with Gasteiger partial charge in [0.1, 0.15) is 11.5 Å². The van der Waals surface area contributed by atoms with Crippen molar-refractivity contribution < 1.29 is 9.21 Å². The lowest BCUT2D eigenvalue weighted by Gasteiger charge is -2.05. The highest BCUT2D eigenvalue weighted by atomic mass is 16.3. The van der Waals surface area contributed by atoms with Crippen molar-refractivity contribution in [2.24, 2.45) is 0 Å². The number of aryl methyl sites for hydroxylation is 2. The Morgan fingerprint density at radius 3 is 2.58 bits per heavy atom. The standard InChI is InChI=1S/C15H14N2O2/c1-9-10(2)19-11(3)14(9)15(18)17-13-6-4-5-12(7-13)8-16/h4-7H,1-3H3,(H,17,18). The van der Waals surface area contributed by atoms with Gasteiger partial charge < -0.3 is 9.73 Å². The van der Waals surface area contributed by atoms with Crippen molar-refractivity contribution in [2.45, 2.75) is 20.8 Å². The summed E-state index contributed by atoms with van der Waals surface area (Å²) in [4.78, 5) is 12.2. The van der Waals surface area contributed by atoms with Crippen molar-refractivity contribution in [3.8, 4) is 6.07 Å². The lowest BCUT2D eigenvalue weighted by molar-refractivity contribution is 0.102. The number of amides is 1. The molecule has 1 N–H and O–H groups in total. The fourth-order valence-electron chi connectivity index (χ4n) is 1.99. The zero-order chi connectivity index (χ0) is 14.0. The molecule has 96 valence electrons. The van der Waals surface area contributed by atoms with Crippen LogP contribution in [0.25, 0.3) is 0 Å². The van der Waals surface area contributed by atoms with Gasteiger partial charge in [-0.15, -0.1) is 0 Å². The number of benzene rings is 1. The molecule has 1 amide bonds. The van der Waals surface area contributed by atoms with E-state index in [1.165, 1.54) is 0 Å². The zero-order valence-electron chi connectivity index (χ0n) is 11.1.